The van der Waals surface area contributed by atoms with Gasteiger partial charge in [0, 0.05) is 17.2 Å². The molecule has 1 heterocycles. The Labute approximate surface area is 121 Å². The molecule has 0 bridgehead atoms. The molecule has 0 spiro atoms. The number of hydrogen-bond acceptors (Lipinski definition) is 7. The van der Waals surface area contributed by atoms with E-state index < -0.39 is 10.0 Å². The number of rotatable bonds is 6. The van der Waals surface area contributed by atoms with Crippen LogP contribution in [0.4, 0.5) is 10.8 Å². The fourth-order valence-corrected chi connectivity index (χ4v) is 3.03. The first-order chi connectivity index (χ1) is 9.44. The monoisotopic (exact) mass is 314 g/mol. The maximum absolute atomic E-state index is 11.8. The van der Waals surface area contributed by atoms with E-state index >= 15 is 0 Å². The second kappa shape index (κ2) is 6.06. The minimum Gasteiger partial charge on any atom is -0.492 e. The van der Waals surface area contributed by atoms with E-state index in [4.69, 9.17) is 10.5 Å². The highest BCUT2D eigenvalue weighted by Gasteiger charge is 2.13. The predicted molar refractivity (Wildman–Crippen MR) is 78.4 cm³/mol. The van der Waals surface area contributed by atoms with Gasteiger partial charge in [0.05, 0.1) is 0 Å². The summed E-state index contributed by atoms with van der Waals surface area (Å²) in [6.07, 6.45) is 0. The molecular formula is C11H14N4O3S2. The van der Waals surface area contributed by atoms with Crippen molar-refractivity contribution in [1.82, 2.24) is 9.36 Å². The van der Waals surface area contributed by atoms with Crippen LogP contribution < -0.4 is 15.2 Å². The molecule has 2 aromatic rings. The van der Waals surface area contributed by atoms with Crippen molar-refractivity contribution in [3.63, 3.8) is 0 Å². The topological polar surface area (TPSA) is 107 Å². The molecule has 0 radical (unpaired) electrons. The summed E-state index contributed by atoms with van der Waals surface area (Å²) in [5.41, 5.74) is 6.16. The van der Waals surface area contributed by atoms with Crippen LogP contribution in [0, 0.1) is 6.92 Å². The number of nitrogen functional groups attached to an aromatic ring is 1. The number of sulfonamides is 1. The van der Waals surface area contributed by atoms with Crippen LogP contribution in [-0.2, 0) is 10.0 Å². The summed E-state index contributed by atoms with van der Waals surface area (Å²) in [4.78, 5) is 3.93. The van der Waals surface area contributed by atoms with Gasteiger partial charge in [0.25, 0.3) is 0 Å². The molecule has 0 aliphatic rings. The minimum absolute atomic E-state index is 0.0387. The Kier molecular flexibility index (Phi) is 4.40. The van der Waals surface area contributed by atoms with E-state index in [0.29, 0.717) is 17.3 Å². The molecule has 0 aliphatic carbocycles. The summed E-state index contributed by atoms with van der Waals surface area (Å²) in [6.45, 7) is 1.73. The largest absolute Gasteiger partial charge is 0.492 e. The predicted octanol–water partition coefficient (Wildman–Crippen LogP) is 1.25. The molecule has 9 heteroatoms. The number of nitrogens with zero attached hydrogens (tertiary/aromatic N) is 2. The smallest absolute Gasteiger partial charge is 0.237 e. The molecule has 0 atom stereocenters. The van der Waals surface area contributed by atoms with Gasteiger partial charge >= 0.3 is 0 Å². The summed E-state index contributed by atoms with van der Waals surface area (Å²) < 4.78 is 35.1. The number of nitrogens with two attached hydrogens (primary N) is 1. The molecule has 0 aliphatic heterocycles. The van der Waals surface area contributed by atoms with Crippen LogP contribution in [0.5, 0.6) is 5.75 Å². The van der Waals surface area contributed by atoms with Crippen LogP contribution in [0.15, 0.2) is 24.3 Å². The summed E-state index contributed by atoms with van der Waals surface area (Å²) in [5, 5.41) is 0.259. The summed E-state index contributed by atoms with van der Waals surface area (Å²) in [5.74, 6) is 0.933. The lowest BCUT2D eigenvalue weighted by molar-refractivity contribution is 0.341. The van der Waals surface area contributed by atoms with Crippen molar-refractivity contribution in [3.8, 4) is 5.75 Å². The van der Waals surface area contributed by atoms with Crippen LogP contribution >= 0.6 is 11.5 Å². The maximum Gasteiger partial charge on any atom is 0.237 e. The van der Waals surface area contributed by atoms with Gasteiger partial charge in [-0.15, -0.1) is 0 Å². The summed E-state index contributed by atoms with van der Waals surface area (Å²) in [7, 11) is -3.49. The van der Waals surface area contributed by atoms with Crippen LogP contribution in [-0.4, -0.2) is 30.1 Å². The zero-order valence-electron chi connectivity index (χ0n) is 10.7. The molecule has 7 nitrogen and oxygen atoms in total. The number of aryl methyl sites for hydroxylation is 1. The molecule has 1 aromatic carbocycles. The number of benzene rings is 1. The molecule has 2 rings (SSSR count). The van der Waals surface area contributed by atoms with Crippen LogP contribution in [0.2, 0.25) is 0 Å². The minimum atomic E-state index is -3.49. The van der Waals surface area contributed by atoms with Gasteiger partial charge in [0.2, 0.25) is 15.2 Å². The molecule has 0 saturated carbocycles. The molecule has 0 amide bonds. The first kappa shape index (κ1) is 14.5. The lowest BCUT2D eigenvalue weighted by Crippen LogP contribution is -2.21. The number of nitrogens with one attached hydrogen (secondary N) is 1. The molecule has 0 fully saturated rings. The van der Waals surface area contributed by atoms with Gasteiger partial charge in [-0.1, -0.05) is 0 Å². The summed E-state index contributed by atoms with van der Waals surface area (Å²) >= 11 is 1.00. The van der Waals surface area contributed by atoms with Gasteiger partial charge in [-0.3, -0.25) is 4.72 Å². The molecule has 108 valence electrons. The van der Waals surface area contributed by atoms with Gasteiger partial charge in [-0.2, -0.15) is 4.37 Å². The van der Waals surface area contributed by atoms with Crippen LogP contribution in [0.1, 0.15) is 5.82 Å². The molecule has 20 heavy (non-hydrogen) atoms. The van der Waals surface area contributed by atoms with E-state index in [9.17, 15) is 8.42 Å². The number of ether oxygens (including phenoxy) is 1. The maximum atomic E-state index is 11.8. The van der Waals surface area contributed by atoms with E-state index in [2.05, 4.69) is 14.1 Å². The molecule has 0 saturated heterocycles. The normalized spacial score (nSPS) is 11.2. The second-order valence-electron chi connectivity index (χ2n) is 3.99. The van der Waals surface area contributed by atoms with Gasteiger partial charge in [0.1, 0.15) is 23.9 Å². The van der Waals surface area contributed by atoms with E-state index in [1.165, 1.54) is 0 Å². The quantitative estimate of drug-likeness (QED) is 0.777. The summed E-state index contributed by atoms with van der Waals surface area (Å²) in [6, 6.07) is 6.74. The molecular weight excluding hydrogens is 300 g/mol. The fraction of sp³-hybridized carbons (Fsp3) is 0.273. The van der Waals surface area contributed by atoms with Crippen LogP contribution in [0.25, 0.3) is 0 Å². The van der Waals surface area contributed by atoms with Crippen molar-refractivity contribution in [1.29, 1.82) is 0 Å². The highest BCUT2D eigenvalue weighted by molar-refractivity contribution is 7.92. The Balaban J connectivity index is 1.84. The lowest BCUT2D eigenvalue weighted by Gasteiger charge is -2.07. The van der Waals surface area contributed by atoms with Crippen molar-refractivity contribution >= 4 is 32.4 Å². The van der Waals surface area contributed by atoms with Gasteiger partial charge < -0.3 is 10.5 Å². The standard InChI is InChI=1S/C11H14N4O3S2/c1-8-13-11(19-14-8)15-20(16,17)7-6-18-10-4-2-9(12)3-5-10/h2-5H,6-7,12H2,1H3,(H,13,14,15). The Morgan fingerprint density at radius 3 is 2.65 bits per heavy atom. The van der Waals surface area contributed by atoms with Crippen molar-refractivity contribution in [2.24, 2.45) is 0 Å². The third kappa shape index (κ3) is 4.35. The van der Waals surface area contributed by atoms with Crippen LogP contribution in [0.3, 0.4) is 0 Å². The van der Waals surface area contributed by atoms with Gasteiger partial charge in [-0.05, 0) is 31.2 Å². The average Bonchev–Trinajstić information content (AvgIpc) is 2.76. The van der Waals surface area contributed by atoms with Crippen molar-refractivity contribution in [2.45, 2.75) is 6.92 Å². The number of aromatic nitrogens is 2. The SMILES string of the molecule is Cc1nsc(NS(=O)(=O)CCOc2ccc(N)cc2)n1. The second-order valence-corrected chi connectivity index (χ2v) is 6.58. The van der Waals surface area contributed by atoms with Crippen molar-refractivity contribution in [3.05, 3.63) is 30.1 Å². The Hall–Kier alpha value is -1.87. The molecule has 0 unspecified atom stereocenters. The first-order valence-electron chi connectivity index (χ1n) is 5.74. The highest BCUT2D eigenvalue weighted by atomic mass is 32.2. The van der Waals surface area contributed by atoms with E-state index in [1.54, 1.807) is 31.2 Å². The average molecular weight is 314 g/mol. The fourth-order valence-electron chi connectivity index (χ4n) is 1.36. The van der Waals surface area contributed by atoms with E-state index in [-0.39, 0.29) is 17.5 Å². The van der Waals surface area contributed by atoms with E-state index in [0.717, 1.165) is 11.5 Å². The zero-order valence-corrected chi connectivity index (χ0v) is 12.4. The van der Waals surface area contributed by atoms with Crippen molar-refractivity contribution in [2.75, 3.05) is 22.8 Å². The Bertz CT molecular complexity index is 667. The third-order valence-corrected chi connectivity index (χ3v) is 4.33. The van der Waals surface area contributed by atoms with Gasteiger partial charge in [0.15, 0.2) is 0 Å². The first-order valence-corrected chi connectivity index (χ1v) is 8.16. The van der Waals surface area contributed by atoms with Gasteiger partial charge in [-0.25, -0.2) is 13.4 Å². The third-order valence-electron chi connectivity index (χ3n) is 2.27. The molecule has 3 N–H and O–H groups in total. The number of anilines is 2. The van der Waals surface area contributed by atoms with Crippen molar-refractivity contribution < 1.29 is 13.2 Å². The Morgan fingerprint density at radius 2 is 2.05 bits per heavy atom. The zero-order chi connectivity index (χ0) is 14.6. The number of hydrogen-bond donors (Lipinski definition) is 2. The van der Waals surface area contributed by atoms with E-state index in [1.807, 2.05) is 0 Å². The molecule has 1 aromatic heterocycles. The Morgan fingerprint density at radius 1 is 1.35 bits per heavy atom. The lowest BCUT2D eigenvalue weighted by atomic mass is 10.3. The highest BCUT2D eigenvalue weighted by Crippen LogP contribution is 2.14.